The molecule has 4 heteroatoms. The molecule has 0 radical (unpaired) electrons. The van der Waals surface area contributed by atoms with Gasteiger partial charge in [0.2, 0.25) is 0 Å². The number of hydrogen-bond acceptors (Lipinski definition) is 2. The second-order valence-corrected chi connectivity index (χ2v) is 5.93. The number of piperidine rings is 1. The van der Waals surface area contributed by atoms with Crippen molar-refractivity contribution in [2.75, 3.05) is 32.7 Å². The van der Waals surface area contributed by atoms with Gasteiger partial charge in [0.25, 0.3) is 0 Å². The number of carbonyl (C=O) groups excluding carboxylic acids is 1. The molecule has 4 nitrogen and oxygen atoms in total. The van der Waals surface area contributed by atoms with Crippen LogP contribution in [0.5, 0.6) is 0 Å². The first-order valence-corrected chi connectivity index (χ1v) is 7.28. The van der Waals surface area contributed by atoms with Gasteiger partial charge < -0.3 is 15.5 Å². The van der Waals surface area contributed by atoms with E-state index in [4.69, 9.17) is 5.73 Å². The van der Waals surface area contributed by atoms with E-state index in [2.05, 4.69) is 20.8 Å². The van der Waals surface area contributed by atoms with Gasteiger partial charge in [0.1, 0.15) is 0 Å². The van der Waals surface area contributed by atoms with E-state index in [0.717, 1.165) is 51.4 Å². The monoisotopic (exact) mass is 255 g/mol. The van der Waals surface area contributed by atoms with Crippen molar-refractivity contribution in [3.63, 3.8) is 0 Å². The quantitative estimate of drug-likeness (QED) is 0.818. The Morgan fingerprint density at radius 2 is 2.00 bits per heavy atom. The van der Waals surface area contributed by atoms with Crippen molar-refractivity contribution in [3.8, 4) is 0 Å². The highest BCUT2D eigenvalue weighted by Gasteiger charge is 2.24. The van der Waals surface area contributed by atoms with Crippen LogP contribution in [0.15, 0.2) is 0 Å². The van der Waals surface area contributed by atoms with Gasteiger partial charge in [-0.1, -0.05) is 20.8 Å². The minimum atomic E-state index is 0.212. The SMILES string of the molecule is CC(C)CN(CCCN)C(=O)N1CCC(C)CC1. The zero-order chi connectivity index (χ0) is 13.5. The fourth-order valence-corrected chi connectivity index (χ4v) is 2.39. The number of carbonyl (C=O) groups is 1. The molecule has 0 unspecified atom stereocenters. The Morgan fingerprint density at radius 1 is 1.39 bits per heavy atom. The molecule has 0 aliphatic carbocycles. The molecule has 0 atom stereocenters. The molecule has 0 spiro atoms. The lowest BCUT2D eigenvalue weighted by atomic mass is 9.99. The molecule has 0 bridgehead atoms. The summed E-state index contributed by atoms with van der Waals surface area (Å²) in [5.74, 6) is 1.27. The van der Waals surface area contributed by atoms with Gasteiger partial charge in [-0.05, 0) is 37.6 Å². The second-order valence-electron chi connectivity index (χ2n) is 5.93. The maximum atomic E-state index is 12.5. The Hall–Kier alpha value is -0.770. The van der Waals surface area contributed by atoms with Crippen molar-refractivity contribution in [2.45, 2.75) is 40.0 Å². The van der Waals surface area contributed by atoms with Crippen LogP contribution in [0, 0.1) is 11.8 Å². The zero-order valence-corrected chi connectivity index (χ0v) is 12.2. The standard InChI is InChI=1S/C14H29N3O/c1-12(2)11-17(8-4-7-15)14(18)16-9-5-13(3)6-10-16/h12-13H,4-11,15H2,1-3H3. The number of nitrogens with zero attached hydrogens (tertiary/aromatic N) is 2. The van der Waals surface area contributed by atoms with Crippen molar-refractivity contribution < 1.29 is 4.79 Å². The molecular weight excluding hydrogens is 226 g/mol. The molecule has 1 rings (SSSR count). The van der Waals surface area contributed by atoms with Gasteiger partial charge in [0.05, 0.1) is 0 Å². The summed E-state index contributed by atoms with van der Waals surface area (Å²) in [6.45, 7) is 10.7. The van der Waals surface area contributed by atoms with Crippen LogP contribution < -0.4 is 5.73 Å². The smallest absolute Gasteiger partial charge is 0.320 e. The van der Waals surface area contributed by atoms with Crippen LogP contribution in [0.25, 0.3) is 0 Å². The fraction of sp³-hybridized carbons (Fsp3) is 0.929. The normalized spacial score (nSPS) is 17.3. The number of rotatable bonds is 5. The Balaban J connectivity index is 2.51. The second kappa shape index (κ2) is 7.62. The van der Waals surface area contributed by atoms with Crippen LogP contribution in [-0.2, 0) is 0 Å². The minimum Gasteiger partial charge on any atom is -0.330 e. The van der Waals surface area contributed by atoms with Crippen molar-refractivity contribution in [2.24, 2.45) is 17.6 Å². The molecular formula is C14H29N3O. The van der Waals surface area contributed by atoms with E-state index in [1.54, 1.807) is 0 Å². The lowest BCUT2D eigenvalue weighted by Gasteiger charge is -2.35. The average Bonchev–Trinajstić information content (AvgIpc) is 2.34. The van der Waals surface area contributed by atoms with Gasteiger partial charge in [0.15, 0.2) is 0 Å². The molecule has 1 saturated heterocycles. The number of nitrogens with two attached hydrogens (primary N) is 1. The van der Waals surface area contributed by atoms with Crippen LogP contribution >= 0.6 is 0 Å². The highest BCUT2D eigenvalue weighted by atomic mass is 16.2. The molecule has 1 aliphatic heterocycles. The van der Waals surface area contributed by atoms with E-state index in [-0.39, 0.29) is 6.03 Å². The van der Waals surface area contributed by atoms with E-state index in [9.17, 15) is 4.79 Å². The van der Waals surface area contributed by atoms with Gasteiger partial charge in [-0.3, -0.25) is 0 Å². The number of amides is 2. The van der Waals surface area contributed by atoms with E-state index >= 15 is 0 Å². The summed E-state index contributed by atoms with van der Waals surface area (Å²) in [4.78, 5) is 16.4. The third-order valence-corrected chi connectivity index (χ3v) is 3.54. The Kier molecular flexibility index (Phi) is 6.47. The Labute approximate surface area is 111 Å². The van der Waals surface area contributed by atoms with Crippen molar-refractivity contribution in [3.05, 3.63) is 0 Å². The number of urea groups is 1. The van der Waals surface area contributed by atoms with Crippen LogP contribution in [0.3, 0.4) is 0 Å². The molecule has 1 heterocycles. The first-order valence-electron chi connectivity index (χ1n) is 7.28. The zero-order valence-electron chi connectivity index (χ0n) is 12.2. The van der Waals surface area contributed by atoms with Gasteiger partial charge in [0, 0.05) is 26.2 Å². The lowest BCUT2D eigenvalue weighted by molar-refractivity contribution is 0.129. The molecule has 2 N–H and O–H groups in total. The number of likely N-dealkylation sites (tertiary alicyclic amines) is 1. The van der Waals surface area contributed by atoms with E-state index in [1.807, 2.05) is 9.80 Å². The molecule has 0 aromatic heterocycles. The highest BCUT2D eigenvalue weighted by Crippen LogP contribution is 2.17. The van der Waals surface area contributed by atoms with Crippen molar-refractivity contribution >= 4 is 6.03 Å². The summed E-state index contributed by atoms with van der Waals surface area (Å²) in [6.07, 6.45) is 3.17. The van der Waals surface area contributed by atoms with Crippen LogP contribution in [0.2, 0.25) is 0 Å². The molecule has 106 valence electrons. The summed E-state index contributed by atoms with van der Waals surface area (Å²) < 4.78 is 0. The topological polar surface area (TPSA) is 49.6 Å². The van der Waals surface area contributed by atoms with Crippen molar-refractivity contribution in [1.82, 2.24) is 9.80 Å². The predicted octanol–water partition coefficient (Wildman–Crippen LogP) is 2.15. The van der Waals surface area contributed by atoms with Crippen LogP contribution in [0.1, 0.15) is 40.0 Å². The molecule has 1 aliphatic rings. The van der Waals surface area contributed by atoms with Gasteiger partial charge >= 0.3 is 6.03 Å². The van der Waals surface area contributed by atoms with Crippen LogP contribution in [-0.4, -0.2) is 48.6 Å². The third-order valence-electron chi connectivity index (χ3n) is 3.54. The highest BCUT2D eigenvalue weighted by molar-refractivity contribution is 5.74. The summed E-state index contributed by atoms with van der Waals surface area (Å²) in [5.41, 5.74) is 5.55. The molecule has 18 heavy (non-hydrogen) atoms. The lowest BCUT2D eigenvalue weighted by Crippen LogP contribution is -2.48. The summed E-state index contributed by atoms with van der Waals surface area (Å²) in [7, 11) is 0. The Morgan fingerprint density at radius 3 is 2.50 bits per heavy atom. The molecule has 0 aromatic carbocycles. The van der Waals surface area contributed by atoms with E-state index in [0.29, 0.717) is 12.5 Å². The number of hydrogen-bond donors (Lipinski definition) is 1. The Bertz CT molecular complexity index is 247. The summed E-state index contributed by atoms with van der Waals surface area (Å²) in [5, 5.41) is 0. The van der Waals surface area contributed by atoms with Gasteiger partial charge in [-0.2, -0.15) is 0 Å². The van der Waals surface area contributed by atoms with Crippen LogP contribution in [0.4, 0.5) is 4.79 Å². The van der Waals surface area contributed by atoms with Crippen molar-refractivity contribution in [1.29, 1.82) is 0 Å². The first-order chi connectivity index (χ1) is 8.54. The average molecular weight is 255 g/mol. The van der Waals surface area contributed by atoms with E-state index in [1.165, 1.54) is 0 Å². The summed E-state index contributed by atoms with van der Waals surface area (Å²) in [6, 6.07) is 0.212. The fourth-order valence-electron chi connectivity index (χ4n) is 2.39. The molecule has 2 amide bonds. The third kappa shape index (κ3) is 4.84. The minimum absolute atomic E-state index is 0.212. The largest absolute Gasteiger partial charge is 0.330 e. The predicted molar refractivity (Wildman–Crippen MR) is 75.4 cm³/mol. The molecule has 0 saturated carbocycles. The maximum absolute atomic E-state index is 12.5. The molecule has 1 fully saturated rings. The van der Waals surface area contributed by atoms with E-state index < -0.39 is 0 Å². The first kappa shape index (κ1) is 15.3. The maximum Gasteiger partial charge on any atom is 0.320 e. The molecule has 0 aromatic rings. The summed E-state index contributed by atoms with van der Waals surface area (Å²) >= 11 is 0. The van der Waals surface area contributed by atoms with Gasteiger partial charge in [-0.25, -0.2) is 4.79 Å². The van der Waals surface area contributed by atoms with Gasteiger partial charge in [-0.15, -0.1) is 0 Å².